The zero-order chi connectivity index (χ0) is 9.42. The molecule has 0 aliphatic heterocycles. The number of fused-ring (bicyclic) bond motifs is 1. The molecular weight excluding hydrogens is 180 g/mol. The Bertz CT molecular complexity index is 443. The van der Waals surface area contributed by atoms with Crippen molar-refractivity contribution < 1.29 is 5.11 Å². The Morgan fingerprint density at radius 3 is 2.85 bits per heavy atom. The summed E-state index contributed by atoms with van der Waals surface area (Å²) >= 11 is 1.66. The van der Waals surface area contributed by atoms with E-state index in [-0.39, 0.29) is 0 Å². The lowest BCUT2D eigenvalue weighted by molar-refractivity contribution is 0.476. The van der Waals surface area contributed by atoms with Gasteiger partial charge < -0.3 is 5.11 Å². The summed E-state index contributed by atoms with van der Waals surface area (Å²) in [4.78, 5) is 1.25. The molecule has 0 aliphatic rings. The zero-order valence-electron chi connectivity index (χ0n) is 7.79. The van der Waals surface area contributed by atoms with Crippen LogP contribution in [0.4, 0.5) is 0 Å². The Morgan fingerprint density at radius 2 is 2.15 bits per heavy atom. The van der Waals surface area contributed by atoms with Gasteiger partial charge in [0.15, 0.2) is 0 Å². The molecule has 1 aromatic heterocycles. The predicted molar refractivity (Wildman–Crippen MR) is 57.6 cm³/mol. The molecule has 0 atom stereocenters. The third kappa shape index (κ3) is 1.31. The van der Waals surface area contributed by atoms with E-state index in [1.54, 1.807) is 11.3 Å². The largest absolute Gasteiger partial charge is 0.506 e. The maximum atomic E-state index is 9.87. The van der Waals surface area contributed by atoms with E-state index in [1.165, 1.54) is 4.88 Å². The monoisotopic (exact) mass is 192 g/mol. The van der Waals surface area contributed by atoms with Gasteiger partial charge in [-0.15, -0.1) is 11.3 Å². The van der Waals surface area contributed by atoms with Gasteiger partial charge >= 0.3 is 0 Å². The molecule has 0 amide bonds. The third-order valence-electron chi connectivity index (χ3n) is 2.25. The number of phenols is 1. The number of aromatic hydroxyl groups is 1. The third-order valence-corrected chi connectivity index (χ3v) is 3.32. The summed E-state index contributed by atoms with van der Waals surface area (Å²) in [5.41, 5.74) is 1.04. The molecule has 0 saturated carbocycles. The standard InChI is InChI=1S/C11H12OS/c1-3-8-4-5-9-6-7(2)13-11(9)10(8)12/h4-6,12H,3H2,1-2H3. The SMILES string of the molecule is CCc1ccc2cc(C)sc2c1O. The van der Waals surface area contributed by atoms with Crippen LogP contribution >= 0.6 is 11.3 Å². The van der Waals surface area contributed by atoms with E-state index in [1.807, 2.05) is 6.07 Å². The van der Waals surface area contributed by atoms with Crippen molar-refractivity contribution in [2.45, 2.75) is 20.3 Å². The molecule has 0 radical (unpaired) electrons. The number of aryl methyl sites for hydroxylation is 2. The first-order valence-electron chi connectivity index (χ1n) is 4.43. The van der Waals surface area contributed by atoms with Gasteiger partial charge in [0.1, 0.15) is 5.75 Å². The molecule has 2 heteroatoms. The smallest absolute Gasteiger partial charge is 0.136 e. The van der Waals surface area contributed by atoms with Crippen molar-refractivity contribution in [1.82, 2.24) is 0 Å². The van der Waals surface area contributed by atoms with E-state index in [4.69, 9.17) is 0 Å². The average molecular weight is 192 g/mol. The van der Waals surface area contributed by atoms with Crippen LogP contribution in [0, 0.1) is 6.92 Å². The molecule has 0 unspecified atom stereocenters. The maximum Gasteiger partial charge on any atom is 0.136 e. The van der Waals surface area contributed by atoms with Crippen molar-refractivity contribution in [3.8, 4) is 5.75 Å². The molecule has 68 valence electrons. The molecule has 1 nitrogen and oxygen atoms in total. The summed E-state index contributed by atoms with van der Waals surface area (Å²) in [5.74, 6) is 0.470. The van der Waals surface area contributed by atoms with Crippen molar-refractivity contribution in [3.05, 3.63) is 28.6 Å². The van der Waals surface area contributed by atoms with E-state index in [0.717, 1.165) is 22.1 Å². The zero-order valence-corrected chi connectivity index (χ0v) is 8.61. The van der Waals surface area contributed by atoms with E-state index in [2.05, 4.69) is 26.0 Å². The van der Waals surface area contributed by atoms with Gasteiger partial charge in [-0.1, -0.05) is 19.1 Å². The molecule has 0 aliphatic carbocycles. The van der Waals surface area contributed by atoms with Gasteiger partial charge in [0.25, 0.3) is 0 Å². The first kappa shape index (κ1) is 8.57. The molecule has 0 spiro atoms. The quantitative estimate of drug-likeness (QED) is 0.733. The first-order chi connectivity index (χ1) is 6.22. The maximum absolute atomic E-state index is 9.87. The predicted octanol–water partition coefficient (Wildman–Crippen LogP) is 3.48. The highest BCUT2D eigenvalue weighted by Crippen LogP contribution is 2.35. The van der Waals surface area contributed by atoms with Gasteiger partial charge in [0.05, 0.1) is 4.70 Å². The van der Waals surface area contributed by atoms with Gasteiger partial charge in [-0.3, -0.25) is 0 Å². The fourth-order valence-electron chi connectivity index (χ4n) is 1.54. The number of hydrogen-bond acceptors (Lipinski definition) is 2. The summed E-state index contributed by atoms with van der Waals surface area (Å²) in [5, 5.41) is 11.0. The van der Waals surface area contributed by atoms with Gasteiger partial charge in [-0.25, -0.2) is 0 Å². The van der Waals surface area contributed by atoms with Crippen LogP contribution in [0.2, 0.25) is 0 Å². The highest BCUT2D eigenvalue weighted by molar-refractivity contribution is 7.19. The Labute approximate surface area is 81.6 Å². The summed E-state index contributed by atoms with van der Waals surface area (Å²) in [7, 11) is 0. The highest BCUT2D eigenvalue weighted by Gasteiger charge is 2.06. The van der Waals surface area contributed by atoms with Gasteiger partial charge in [0, 0.05) is 4.88 Å². The lowest BCUT2D eigenvalue weighted by Crippen LogP contribution is -1.79. The van der Waals surface area contributed by atoms with Crippen LogP contribution < -0.4 is 0 Å². The molecule has 1 heterocycles. The topological polar surface area (TPSA) is 20.2 Å². The van der Waals surface area contributed by atoms with E-state index in [0.29, 0.717) is 5.75 Å². The van der Waals surface area contributed by atoms with Gasteiger partial charge in [0.2, 0.25) is 0 Å². The summed E-state index contributed by atoms with van der Waals surface area (Å²) in [6.45, 7) is 4.12. The highest BCUT2D eigenvalue weighted by atomic mass is 32.1. The molecular formula is C11H12OS. The molecule has 13 heavy (non-hydrogen) atoms. The lowest BCUT2D eigenvalue weighted by Gasteiger charge is -2.01. The van der Waals surface area contributed by atoms with Crippen LogP contribution in [0.25, 0.3) is 10.1 Å². The molecule has 2 rings (SSSR count). The van der Waals surface area contributed by atoms with Gasteiger partial charge in [-0.05, 0) is 30.4 Å². The Balaban J connectivity index is 2.78. The van der Waals surface area contributed by atoms with Crippen LogP contribution in [0.1, 0.15) is 17.4 Å². The Hall–Kier alpha value is -1.02. The number of benzene rings is 1. The number of phenolic OH excluding ortho intramolecular Hbond substituents is 1. The van der Waals surface area contributed by atoms with Crippen molar-refractivity contribution >= 4 is 21.4 Å². The van der Waals surface area contributed by atoms with Gasteiger partial charge in [-0.2, -0.15) is 0 Å². The van der Waals surface area contributed by atoms with Crippen LogP contribution in [0.3, 0.4) is 0 Å². The van der Waals surface area contributed by atoms with Crippen LogP contribution in [-0.4, -0.2) is 5.11 Å². The number of rotatable bonds is 1. The van der Waals surface area contributed by atoms with Crippen molar-refractivity contribution in [1.29, 1.82) is 0 Å². The van der Waals surface area contributed by atoms with E-state index < -0.39 is 0 Å². The summed E-state index contributed by atoms with van der Waals surface area (Å²) in [6.07, 6.45) is 0.888. The second-order valence-corrected chi connectivity index (χ2v) is 4.46. The minimum atomic E-state index is 0.470. The lowest BCUT2D eigenvalue weighted by atomic mass is 10.1. The number of thiophene rings is 1. The molecule has 1 N–H and O–H groups in total. The van der Waals surface area contributed by atoms with E-state index in [9.17, 15) is 5.11 Å². The van der Waals surface area contributed by atoms with Crippen LogP contribution in [0.15, 0.2) is 18.2 Å². The van der Waals surface area contributed by atoms with Crippen LogP contribution in [0.5, 0.6) is 5.75 Å². The summed E-state index contributed by atoms with van der Waals surface area (Å²) in [6, 6.07) is 6.19. The fraction of sp³-hybridized carbons (Fsp3) is 0.273. The second kappa shape index (κ2) is 3.04. The average Bonchev–Trinajstić information content (AvgIpc) is 2.47. The molecule has 1 aromatic carbocycles. The van der Waals surface area contributed by atoms with E-state index >= 15 is 0 Å². The van der Waals surface area contributed by atoms with Crippen LogP contribution in [-0.2, 0) is 6.42 Å². The van der Waals surface area contributed by atoms with Crippen molar-refractivity contribution in [3.63, 3.8) is 0 Å². The van der Waals surface area contributed by atoms with Crippen molar-refractivity contribution in [2.75, 3.05) is 0 Å². The van der Waals surface area contributed by atoms with Crippen molar-refractivity contribution in [2.24, 2.45) is 0 Å². The Morgan fingerprint density at radius 1 is 1.38 bits per heavy atom. The normalized spacial score (nSPS) is 10.9. The molecule has 0 bridgehead atoms. The first-order valence-corrected chi connectivity index (χ1v) is 5.25. The number of hydrogen-bond donors (Lipinski definition) is 1. The minimum absolute atomic E-state index is 0.470. The second-order valence-electron chi connectivity index (χ2n) is 3.20. The fourth-order valence-corrected chi connectivity index (χ4v) is 2.52. The molecule has 2 aromatic rings. The minimum Gasteiger partial charge on any atom is -0.506 e. The summed E-state index contributed by atoms with van der Waals surface area (Å²) < 4.78 is 1.02. The Kier molecular flexibility index (Phi) is 2.00. The molecule has 0 saturated heterocycles. The molecule has 0 fully saturated rings.